The van der Waals surface area contributed by atoms with Crippen molar-refractivity contribution in [2.75, 3.05) is 5.32 Å². The van der Waals surface area contributed by atoms with Gasteiger partial charge in [-0.1, -0.05) is 0 Å². The summed E-state index contributed by atoms with van der Waals surface area (Å²) in [4.78, 5) is 15.4. The van der Waals surface area contributed by atoms with Crippen LogP contribution in [-0.2, 0) is 0 Å². The molecule has 0 aliphatic rings. The number of nitriles is 1. The number of aromatic nitrogens is 4. The molecule has 0 bridgehead atoms. The zero-order valence-electron chi connectivity index (χ0n) is 10.2. The molecule has 0 spiro atoms. The number of benzene rings is 1. The van der Waals surface area contributed by atoms with E-state index in [-0.39, 0.29) is 0 Å². The van der Waals surface area contributed by atoms with Crippen LogP contribution in [0.15, 0.2) is 30.6 Å². The topological polar surface area (TPSA) is 90.3 Å². The maximum Gasteiger partial charge on any atom is 0.145 e. The molecule has 2 N–H and O–H groups in total. The molecule has 2 heterocycles. The maximum absolute atomic E-state index is 8.79. The van der Waals surface area contributed by atoms with E-state index < -0.39 is 0 Å². The van der Waals surface area contributed by atoms with Crippen molar-refractivity contribution in [1.29, 1.82) is 5.26 Å². The van der Waals surface area contributed by atoms with Gasteiger partial charge in [0.25, 0.3) is 0 Å². The Hall–Kier alpha value is -2.94. The van der Waals surface area contributed by atoms with E-state index in [0.29, 0.717) is 11.5 Å². The van der Waals surface area contributed by atoms with E-state index in [1.165, 1.54) is 6.33 Å². The molecule has 0 saturated carbocycles. The summed E-state index contributed by atoms with van der Waals surface area (Å²) in [6, 6.07) is 9.36. The van der Waals surface area contributed by atoms with Crippen molar-refractivity contribution >= 4 is 22.5 Å². The first-order valence-electron chi connectivity index (χ1n) is 5.70. The highest BCUT2D eigenvalue weighted by molar-refractivity contribution is 5.80. The molecule has 0 fully saturated rings. The van der Waals surface area contributed by atoms with Gasteiger partial charge in [0, 0.05) is 11.8 Å². The Kier molecular flexibility index (Phi) is 2.58. The summed E-state index contributed by atoms with van der Waals surface area (Å²) < 4.78 is 0. The molecule has 6 heteroatoms. The maximum atomic E-state index is 8.79. The molecule has 19 heavy (non-hydrogen) atoms. The molecular formula is C13H10N6. The number of H-pyrrole nitrogens is 1. The van der Waals surface area contributed by atoms with Gasteiger partial charge in [0.2, 0.25) is 0 Å². The normalized spacial score (nSPS) is 10.3. The number of hydrogen-bond donors (Lipinski definition) is 2. The number of rotatable bonds is 2. The van der Waals surface area contributed by atoms with Gasteiger partial charge < -0.3 is 10.3 Å². The quantitative estimate of drug-likeness (QED) is 0.728. The number of fused-ring (bicyclic) bond motifs is 1. The average molecular weight is 250 g/mol. The third-order valence-corrected chi connectivity index (χ3v) is 2.65. The summed E-state index contributed by atoms with van der Waals surface area (Å²) >= 11 is 0. The number of anilines is 2. The van der Waals surface area contributed by atoms with Crippen LogP contribution in [0.5, 0.6) is 0 Å². The van der Waals surface area contributed by atoms with Crippen LogP contribution in [0.4, 0.5) is 11.5 Å². The Labute approximate surface area is 109 Å². The summed E-state index contributed by atoms with van der Waals surface area (Å²) in [5.41, 5.74) is 3.08. The number of nitrogens with zero attached hydrogens (tertiary/aromatic N) is 4. The third-order valence-electron chi connectivity index (χ3n) is 2.65. The van der Waals surface area contributed by atoms with Gasteiger partial charge in [0.05, 0.1) is 11.0 Å². The number of aromatic amines is 1. The van der Waals surface area contributed by atoms with Crippen molar-refractivity contribution in [2.45, 2.75) is 6.92 Å². The number of aryl methyl sites for hydroxylation is 1. The van der Waals surface area contributed by atoms with E-state index in [2.05, 4.69) is 25.3 Å². The Morgan fingerprint density at radius 3 is 3.00 bits per heavy atom. The number of hydrogen-bond acceptors (Lipinski definition) is 5. The molecule has 1 aromatic carbocycles. The van der Waals surface area contributed by atoms with E-state index in [1.807, 2.05) is 31.2 Å². The van der Waals surface area contributed by atoms with Crippen LogP contribution in [0.25, 0.3) is 11.0 Å². The Morgan fingerprint density at radius 2 is 2.16 bits per heavy atom. The second kappa shape index (κ2) is 4.38. The van der Waals surface area contributed by atoms with E-state index in [1.54, 1.807) is 6.07 Å². The molecular weight excluding hydrogens is 240 g/mol. The highest BCUT2D eigenvalue weighted by atomic mass is 15.0. The zero-order chi connectivity index (χ0) is 13.2. The lowest BCUT2D eigenvalue weighted by molar-refractivity contribution is 1.14. The van der Waals surface area contributed by atoms with E-state index in [4.69, 9.17) is 5.26 Å². The molecule has 2 aromatic heterocycles. The highest BCUT2D eigenvalue weighted by Crippen LogP contribution is 2.20. The molecule has 3 rings (SSSR count). The zero-order valence-corrected chi connectivity index (χ0v) is 10.2. The molecule has 0 atom stereocenters. The summed E-state index contributed by atoms with van der Waals surface area (Å²) in [5.74, 6) is 1.46. The van der Waals surface area contributed by atoms with Crippen LogP contribution in [0.2, 0.25) is 0 Å². The summed E-state index contributed by atoms with van der Waals surface area (Å²) in [6.45, 7) is 1.91. The second-order valence-electron chi connectivity index (χ2n) is 4.08. The predicted molar refractivity (Wildman–Crippen MR) is 70.9 cm³/mol. The van der Waals surface area contributed by atoms with E-state index in [9.17, 15) is 0 Å². The predicted octanol–water partition coefficient (Wildman–Crippen LogP) is 2.28. The molecule has 0 saturated heterocycles. The molecule has 0 amide bonds. The molecule has 0 unspecified atom stereocenters. The van der Waals surface area contributed by atoms with Gasteiger partial charge >= 0.3 is 0 Å². The van der Waals surface area contributed by atoms with Crippen molar-refractivity contribution in [3.05, 3.63) is 42.1 Å². The van der Waals surface area contributed by atoms with Crippen molar-refractivity contribution in [3.63, 3.8) is 0 Å². The first kappa shape index (κ1) is 11.2. The van der Waals surface area contributed by atoms with Gasteiger partial charge in [-0.25, -0.2) is 15.0 Å². The van der Waals surface area contributed by atoms with Gasteiger partial charge in [-0.15, -0.1) is 0 Å². The van der Waals surface area contributed by atoms with Crippen LogP contribution in [0.1, 0.15) is 11.5 Å². The van der Waals surface area contributed by atoms with Gasteiger partial charge in [-0.2, -0.15) is 5.26 Å². The Bertz CT molecular complexity index is 783. The standard InChI is InChI=1S/C13H10N6/c1-8-17-11-3-2-9(4-12(11)18-8)19-13-5-10(6-14)15-7-16-13/h2-5,7H,1H3,(H,17,18)(H,15,16,19). The minimum absolute atomic E-state index is 0.330. The molecule has 3 aromatic rings. The van der Waals surface area contributed by atoms with Crippen molar-refractivity contribution in [1.82, 2.24) is 19.9 Å². The molecule has 0 radical (unpaired) electrons. The number of imidazole rings is 1. The van der Waals surface area contributed by atoms with Gasteiger partial charge in [0.1, 0.15) is 29.7 Å². The van der Waals surface area contributed by atoms with E-state index >= 15 is 0 Å². The molecule has 92 valence electrons. The first-order valence-corrected chi connectivity index (χ1v) is 5.70. The van der Waals surface area contributed by atoms with Crippen LogP contribution in [0, 0.1) is 18.3 Å². The Morgan fingerprint density at radius 1 is 1.26 bits per heavy atom. The summed E-state index contributed by atoms with van der Waals surface area (Å²) in [7, 11) is 0. The van der Waals surface area contributed by atoms with Crippen molar-refractivity contribution < 1.29 is 0 Å². The van der Waals surface area contributed by atoms with Gasteiger partial charge in [-0.05, 0) is 25.1 Å². The monoisotopic (exact) mass is 250 g/mol. The highest BCUT2D eigenvalue weighted by Gasteiger charge is 2.02. The van der Waals surface area contributed by atoms with Crippen LogP contribution in [0.3, 0.4) is 0 Å². The Balaban J connectivity index is 1.94. The minimum Gasteiger partial charge on any atom is -0.342 e. The average Bonchev–Trinajstić information content (AvgIpc) is 2.78. The molecule has 6 nitrogen and oxygen atoms in total. The van der Waals surface area contributed by atoms with Crippen molar-refractivity contribution in [3.8, 4) is 6.07 Å². The summed E-state index contributed by atoms with van der Waals surface area (Å²) in [5, 5.41) is 11.9. The minimum atomic E-state index is 0.330. The largest absolute Gasteiger partial charge is 0.342 e. The fourth-order valence-electron chi connectivity index (χ4n) is 1.85. The lowest BCUT2D eigenvalue weighted by atomic mass is 10.2. The fraction of sp³-hybridized carbons (Fsp3) is 0.0769. The lowest BCUT2D eigenvalue weighted by Gasteiger charge is -2.04. The lowest BCUT2D eigenvalue weighted by Crippen LogP contribution is -1.95. The first-order chi connectivity index (χ1) is 9.24. The van der Waals surface area contributed by atoms with Crippen LogP contribution in [-0.4, -0.2) is 19.9 Å². The molecule has 0 aliphatic carbocycles. The summed E-state index contributed by atoms with van der Waals surface area (Å²) in [6.07, 6.45) is 1.36. The van der Waals surface area contributed by atoms with Crippen LogP contribution < -0.4 is 5.32 Å². The molecule has 0 aliphatic heterocycles. The van der Waals surface area contributed by atoms with Gasteiger partial charge in [-0.3, -0.25) is 0 Å². The van der Waals surface area contributed by atoms with Crippen molar-refractivity contribution in [2.24, 2.45) is 0 Å². The van der Waals surface area contributed by atoms with Crippen LogP contribution >= 0.6 is 0 Å². The van der Waals surface area contributed by atoms with Gasteiger partial charge in [0.15, 0.2) is 0 Å². The third kappa shape index (κ3) is 2.21. The van der Waals surface area contributed by atoms with E-state index in [0.717, 1.165) is 22.5 Å². The smallest absolute Gasteiger partial charge is 0.145 e. The second-order valence-corrected chi connectivity index (χ2v) is 4.08. The number of nitrogens with one attached hydrogen (secondary N) is 2. The fourth-order valence-corrected chi connectivity index (χ4v) is 1.85. The SMILES string of the molecule is Cc1nc2ccc(Nc3cc(C#N)ncn3)cc2[nH]1.